The fourth-order valence-electron chi connectivity index (χ4n) is 4.16. The minimum atomic E-state index is -1.66. The molecule has 4 aromatic rings. The van der Waals surface area contributed by atoms with E-state index in [2.05, 4.69) is 0 Å². The number of benzene rings is 4. The second-order valence-electron chi connectivity index (χ2n) is 8.51. The Hall–Kier alpha value is -3.32. The van der Waals surface area contributed by atoms with Gasteiger partial charge in [0.05, 0.1) is 14.2 Å². The highest BCUT2D eigenvalue weighted by Crippen LogP contribution is 2.31. The van der Waals surface area contributed by atoms with Crippen LogP contribution in [0.3, 0.4) is 0 Å². The van der Waals surface area contributed by atoms with Gasteiger partial charge in [-0.3, -0.25) is 0 Å². The van der Waals surface area contributed by atoms with Crippen molar-refractivity contribution in [3.8, 4) is 11.5 Å². The predicted molar refractivity (Wildman–Crippen MR) is 149 cm³/mol. The molecule has 0 aromatic heterocycles. The molecule has 182 valence electrons. The second kappa shape index (κ2) is 12.6. The summed E-state index contributed by atoms with van der Waals surface area (Å²) in [7, 11) is -0.0211. The van der Waals surface area contributed by atoms with Crippen LogP contribution >= 0.6 is 15.6 Å². The van der Waals surface area contributed by atoms with Crippen molar-refractivity contribution in [3.05, 3.63) is 119 Å². The number of rotatable bonds is 11. The maximum absolute atomic E-state index is 13.3. The summed E-state index contributed by atoms with van der Waals surface area (Å²) >= 11 is 0. The first-order valence-corrected chi connectivity index (χ1v) is 14.8. The van der Waals surface area contributed by atoms with Crippen LogP contribution in [-0.2, 0) is 22.0 Å². The zero-order valence-corrected chi connectivity index (χ0v) is 22.4. The van der Waals surface area contributed by atoms with Crippen LogP contribution in [0.2, 0.25) is 0 Å². The van der Waals surface area contributed by atoms with Gasteiger partial charge in [-0.1, -0.05) is 69.8 Å². The van der Waals surface area contributed by atoms with Gasteiger partial charge in [0.2, 0.25) is 0 Å². The first-order valence-electron chi connectivity index (χ1n) is 11.9. The standard InChI is InChI=1S/C30H30O4P2/c1-33-27-15-11-23(12-16-27)21-25-7-3-5-9-29(25)35(31)19-20-36(32)30-10-6-4-8-26(30)22-24-13-17-28(34-2)18-14-24/h3-18H,19-22H2,1-2H3/q+2. The zero-order valence-electron chi connectivity index (χ0n) is 20.6. The van der Waals surface area contributed by atoms with Crippen molar-refractivity contribution in [1.29, 1.82) is 0 Å². The molecule has 0 saturated heterocycles. The molecule has 0 spiro atoms. The number of hydrogen-bond donors (Lipinski definition) is 0. The summed E-state index contributed by atoms with van der Waals surface area (Å²) < 4.78 is 37.1. The zero-order chi connectivity index (χ0) is 25.3. The maximum atomic E-state index is 13.3. The third kappa shape index (κ3) is 6.66. The van der Waals surface area contributed by atoms with Crippen molar-refractivity contribution >= 4 is 26.2 Å². The Balaban J connectivity index is 1.43. The Morgan fingerprint density at radius 3 is 1.25 bits per heavy atom. The Morgan fingerprint density at radius 2 is 0.889 bits per heavy atom. The topological polar surface area (TPSA) is 52.6 Å². The lowest BCUT2D eigenvalue weighted by molar-refractivity contribution is 0.414. The minimum Gasteiger partial charge on any atom is -0.497 e. The van der Waals surface area contributed by atoms with Gasteiger partial charge in [0.15, 0.2) is 22.9 Å². The molecule has 0 saturated carbocycles. The lowest BCUT2D eigenvalue weighted by Gasteiger charge is -2.05. The smallest absolute Gasteiger partial charge is 0.381 e. The lowest BCUT2D eigenvalue weighted by Crippen LogP contribution is -2.11. The van der Waals surface area contributed by atoms with E-state index in [1.54, 1.807) is 14.2 Å². The number of hydrogen-bond acceptors (Lipinski definition) is 4. The maximum Gasteiger partial charge on any atom is 0.381 e. The highest BCUT2D eigenvalue weighted by atomic mass is 31.1. The highest BCUT2D eigenvalue weighted by molar-refractivity contribution is 7.57. The summed E-state index contributed by atoms with van der Waals surface area (Å²) in [5.74, 6) is 1.63. The van der Waals surface area contributed by atoms with E-state index in [9.17, 15) is 9.13 Å². The minimum absolute atomic E-state index is 0.390. The van der Waals surface area contributed by atoms with Crippen LogP contribution in [0.4, 0.5) is 0 Å². The molecule has 0 N–H and O–H groups in total. The van der Waals surface area contributed by atoms with Crippen LogP contribution < -0.4 is 20.1 Å². The molecule has 0 fully saturated rings. The molecule has 2 atom stereocenters. The van der Waals surface area contributed by atoms with Crippen LogP contribution in [0.25, 0.3) is 0 Å². The van der Waals surface area contributed by atoms with Crippen LogP contribution in [0, 0.1) is 0 Å². The lowest BCUT2D eigenvalue weighted by atomic mass is 10.1. The van der Waals surface area contributed by atoms with Gasteiger partial charge >= 0.3 is 15.6 Å². The fourth-order valence-corrected chi connectivity index (χ4v) is 7.54. The van der Waals surface area contributed by atoms with E-state index in [4.69, 9.17) is 9.47 Å². The van der Waals surface area contributed by atoms with Gasteiger partial charge < -0.3 is 9.47 Å². The summed E-state index contributed by atoms with van der Waals surface area (Å²) in [5.41, 5.74) is 4.34. The Kier molecular flexibility index (Phi) is 9.01. The molecule has 0 aliphatic carbocycles. The average molecular weight is 517 g/mol. The normalized spacial score (nSPS) is 11.6. The summed E-state index contributed by atoms with van der Waals surface area (Å²) in [5, 5.41) is 1.69. The van der Waals surface area contributed by atoms with Crippen molar-refractivity contribution in [2.75, 3.05) is 26.5 Å². The Morgan fingerprint density at radius 1 is 0.528 bits per heavy atom. The van der Waals surface area contributed by atoms with Crippen LogP contribution in [0.15, 0.2) is 97.1 Å². The summed E-state index contributed by atoms with van der Waals surface area (Å²) in [6, 6.07) is 31.6. The van der Waals surface area contributed by atoms with E-state index in [1.165, 1.54) is 0 Å². The molecule has 4 rings (SSSR count). The van der Waals surface area contributed by atoms with Gasteiger partial charge in [0.25, 0.3) is 0 Å². The molecular weight excluding hydrogens is 486 g/mol. The molecule has 0 aliphatic rings. The molecule has 0 bridgehead atoms. The van der Waals surface area contributed by atoms with Crippen molar-refractivity contribution in [2.24, 2.45) is 0 Å². The predicted octanol–water partition coefficient (Wildman–Crippen LogP) is 6.49. The highest BCUT2D eigenvalue weighted by Gasteiger charge is 2.31. The molecule has 6 heteroatoms. The molecule has 2 unspecified atom stereocenters. The monoisotopic (exact) mass is 516 g/mol. The second-order valence-corrected chi connectivity index (χ2v) is 11.9. The fraction of sp³-hybridized carbons (Fsp3) is 0.200. The van der Waals surface area contributed by atoms with E-state index < -0.39 is 15.6 Å². The van der Waals surface area contributed by atoms with E-state index in [0.29, 0.717) is 25.2 Å². The van der Waals surface area contributed by atoms with E-state index in [1.807, 2.05) is 97.1 Å². The van der Waals surface area contributed by atoms with Gasteiger partial charge in [-0.25, -0.2) is 0 Å². The van der Waals surface area contributed by atoms with Gasteiger partial charge in [-0.2, -0.15) is 0 Å². The van der Waals surface area contributed by atoms with E-state index in [0.717, 1.165) is 44.4 Å². The molecule has 4 nitrogen and oxygen atoms in total. The summed E-state index contributed by atoms with van der Waals surface area (Å²) in [6.45, 7) is 0. The van der Waals surface area contributed by atoms with E-state index >= 15 is 0 Å². The third-order valence-electron chi connectivity index (χ3n) is 6.13. The van der Waals surface area contributed by atoms with Gasteiger partial charge in [-0.15, -0.1) is 0 Å². The first kappa shape index (κ1) is 25.8. The SMILES string of the molecule is COc1ccc(Cc2ccccc2[P+](=O)CC[P+](=O)c2ccccc2Cc2ccc(OC)cc2)cc1. The quantitative estimate of drug-likeness (QED) is 0.214. The summed E-state index contributed by atoms with van der Waals surface area (Å²) in [6.07, 6.45) is 2.16. The van der Waals surface area contributed by atoms with Gasteiger partial charge in [0, 0.05) is 24.0 Å². The van der Waals surface area contributed by atoms with E-state index in [-0.39, 0.29) is 0 Å². The molecule has 36 heavy (non-hydrogen) atoms. The third-order valence-corrected chi connectivity index (χ3v) is 9.69. The Labute approximate surface area is 214 Å². The first-order chi connectivity index (χ1) is 17.6. The molecule has 0 aliphatic heterocycles. The molecular formula is C30H30O4P2+2. The van der Waals surface area contributed by atoms with Gasteiger partial charge in [0.1, 0.15) is 11.5 Å². The summed E-state index contributed by atoms with van der Waals surface area (Å²) in [4.78, 5) is 0. The molecule has 0 heterocycles. The van der Waals surface area contributed by atoms with Gasteiger partial charge in [-0.05, 0) is 47.5 Å². The number of methoxy groups -OCH3 is 2. The number of ether oxygens (including phenoxy) is 2. The molecule has 0 radical (unpaired) electrons. The van der Waals surface area contributed by atoms with Crippen LogP contribution in [-0.4, -0.2) is 26.5 Å². The molecule has 0 amide bonds. The van der Waals surface area contributed by atoms with Crippen LogP contribution in [0.5, 0.6) is 11.5 Å². The van der Waals surface area contributed by atoms with Crippen molar-refractivity contribution in [3.63, 3.8) is 0 Å². The van der Waals surface area contributed by atoms with Crippen LogP contribution in [0.1, 0.15) is 22.3 Å². The molecule has 4 aromatic carbocycles. The van der Waals surface area contributed by atoms with Crippen molar-refractivity contribution < 1.29 is 18.6 Å². The van der Waals surface area contributed by atoms with Crippen molar-refractivity contribution in [1.82, 2.24) is 0 Å². The van der Waals surface area contributed by atoms with Crippen molar-refractivity contribution in [2.45, 2.75) is 12.8 Å². The largest absolute Gasteiger partial charge is 0.497 e. The Bertz CT molecular complexity index is 1230. The average Bonchev–Trinajstić information content (AvgIpc) is 2.93.